The van der Waals surface area contributed by atoms with E-state index >= 15 is 0 Å². The quantitative estimate of drug-likeness (QED) is 0.649. The van der Waals surface area contributed by atoms with E-state index in [4.69, 9.17) is 9.47 Å². The van der Waals surface area contributed by atoms with E-state index in [1.807, 2.05) is 28.8 Å². The van der Waals surface area contributed by atoms with E-state index in [1.54, 1.807) is 20.2 Å². The van der Waals surface area contributed by atoms with Crippen molar-refractivity contribution in [2.75, 3.05) is 7.11 Å². The summed E-state index contributed by atoms with van der Waals surface area (Å²) in [6.07, 6.45) is 3.50. The Morgan fingerprint density at radius 2 is 1.85 bits per heavy atom. The maximum absolute atomic E-state index is 13.7. The third-order valence-corrected chi connectivity index (χ3v) is 4.52. The summed E-state index contributed by atoms with van der Waals surface area (Å²) in [6.45, 7) is 5.65. The summed E-state index contributed by atoms with van der Waals surface area (Å²) in [5.74, 6) is -2.13. The van der Waals surface area contributed by atoms with Crippen LogP contribution in [0.25, 0.3) is 16.8 Å². The zero-order valence-electron chi connectivity index (χ0n) is 16.0. The molecule has 144 valence electrons. The van der Waals surface area contributed by atoms with Gasteiger partial charge in [-0.2, -0.15) is 0 Å². The molecule has 0 aliphatic heterocycles. The van der Waals surface area contributed by atoms with Gasteiger partial charge in [-0.15, -0.1) is 10.2 Å². The molecule has 3 aromatic heterocycles. The van der Waals surface area contributed by atoms with E-state index in [9.17, 15) is 8.78 Å². The van der Waals surface area contributed by atoms with Gasteiger partial charge in [0.1, 0.15) is 6.61 Å². The van der Waals surface area contributed by atoms with E-state index < -0.39 is 11.5 Å². The highest BCUT2D eigenvalue weighted by molar-refractivity contribution is 5.65. The fourth-order valence-corrected chi connectivity index (χ4v) is 2.49. The second-order valence-corrected chi connectivity index (χ2v) is 7.04. The van der Waals surface area contributed by atoms with Crippen molar-refractivity contribution in [3.63, 3.8) is 0 Å². The van der Waals surface area contributed by atoms with Crippen LogP contribution in [-0.4, -0.2) is 38.2 Å². The normalized spacial score (nSPS) is 12.6. The maximum Gasteiger partial charge on any atom is 0.283 e. The van der Waals surface area contributed by atoms with Gasteiger partial charge >= 0.3 is 0 Å². The largest absolute Gasteiger partial charge is 0.465 e. The fraction of sp³-hybridized carbons (Fsp3) is 0.421. The molecular formula is C19H22F2N4O2. The number of aromatic nitrogens is 4. The monoisotopic (exact) mass is 376 g/mol. The third-order valence-electron chi connectivity index (χ3n) is 4.52. The summed E-state index contributed by atoms with van der Waals surface area (Å²) in [7, 11) is 1.60. The molecule has 0 aliphatic rings. The summed E-state index contributed by atoms with van der Waals surface area (Å²) >= 11 is 0. The van der Waals surface area contributed by atoms with Gasteiger partial charge < -0.3 is 9.47 Å². The molecule has 3 aromatic rings. The van der Waals surface area contributed by atoms with Crippen molar-refractivity contribution in [1.29, 1.82) is 0 Å². The van der Waals surface area contributed by atoms with Gasteiger partial charge in [0.25, 0.3) is 5.92 Å². The van der Waals surface area contributed by atoms with E-state index in [-0.39, 0.29) is 5.88 Å². The first-order valence-electron chi connectivity index (χ1n) is 8.49. The predicted octanol–water partition coefficient (Wildman–Crippen LogP) is 4.06. The van der Waals surface area contributed by atoms with Gasteiger partial charge in [0, 0.05) is 43.1 Å². The molecule has 0 atom stereocenters. The average Bonchev–Trinajstić information content (AvgIpc) is 2.98. The standard InChI is InChI=1S/C19H22F2N4O2/c1-12-8-14(9-22-17(12)27-18(2,3)19(4,20)21)13-6-7-15-23-24-16(11-26-5)25(15)10-13/h6-10H,11H2,1-5H3. The Kier molecular flexibility index (Phi) is 4.86. The van der Waals surface area contributed by atoms with E-state index in [2.05, 4.69) is 15.2 Å². The molecule has 0 aromatic carbocycles. The second kappa shape index (κ2) is 6.84. The molecule has 0 unspecified atom stereocenters. The lowest BCUT2D eigenvalue weighted by Crippen LogP contribution is -2.45. The highest BCUT2D eigenvalue weighted by Gasteiger charge is 2.44. The molecule has 0 saturated heterocycles. The van der Waals surface area contributed by atoms with Crippen LogP contribution in [0.5, 0.6) is 5.88 Å². The first-order chi connectivity index (χ1) is 12.6. The molecular weight excluding hydrogens is 354 g/mol. The number of aryl methyl sites for hydroxylation is 1. The summed E-state index contributed by atoms with van der Waals surface area (Å²) in [5, 5.41) is 8.19. The Morgan fingerprint density at radius 3 is 2.48 bits per heavy atom. The number of fused-ring (bicyclic) bond motifs is 1. The molecule has 0 bridgehead atoms. The lowest BCUT2D eigenvalue weighted by molar-refractivity contribution is -0.135. The first kappa shape index (κ1) is 19.2. The third kappa shape index (κ3) is 3.75. The van der Waals surface area contributed by atoms with Crippen molar-refractivity contribution >= 4 is 5.65 Å². The van der Waals surface area contributed by atoms with Gasteiger partial charge in [-0.05, 0) is 39.0 Å². The Balaban J connectivity index is 1.94. The summed E-state index contributed by atoms with van der Waals surface area (Å²) in [4.78, 5) is 4.26. The van der Waals surface area contributed by atoms with Crippen molar-refractivity contribution in [2.45, 2.75) is 45.8 Å². The van der Waals surface area contributed by atoms with Gasteiger partial charge in [-0.1, -0.05) is 0 Å². The first-order valence-corrected chi connectivity index (χ1v) is 8.49. The fourth-order valence-electron chi connectivity index (χ4n) is 2.49. The Bertz CT molecular complexity index is 964. The van der Waals surface area contributed by atoms with Gasteiger partial charge in [0.15, 0.2) is 17.1 Å². The molecule has 0 N–H and O–H groups in total. The van der Waals surface area contributed by atoms with Gasteiger partial charge in [-0.3, -0.25) is 4.40 Å². The van der Waals surface area contributed by atoms with E-state index in [1.165, 1.54) is 13.8 Å². The molecule has 8 heteroatoms. The molecule has 27 heavy (non-hydrogen) atoms. The number of methoxy groups -OCH3 is 1. The summed E-state index contributed by atoms with van der Waals surface area (Å²) in [6, 6.07) is 5.61. The number of nitrogens with zero attached hydrogens (tertiary/aromatic N) is 4. The Labute approximate surface area is 156 Å². The number of hydrogen-bond donors (Lipinski definition) is 0. The van der Waals surface area contributed by atoms with E-state index in [0.717, 1.165) is 18.1 Å². The van der Waals surface area contributed by atoms with Gasteiger partial charge in [-0.25, -0.2) is 13.8 Å². The minimum absolute atomic E-state index is 0.190. The van der Waals surface area contributed by atoms with Crippen molar-refractivity contribution in [3.05, 3.63) is 42.0 Å². The molecule has 0 aliphatic carbocycles. The lowest BCUT2D eigenvalue weighted by atomic mass is 10.0. The lowest BCUT2D eigenvalue weighted by Gasteiger charge is -2.32. The van der Waals surface area contributed by atoms with Crippen LogP contribution in [0.3, 0.4) is 0 Å². The highest BCUT2D eigenvalue weighted by Crippen LogP contribution is 2.34. The van der Waals surface area contributed by atoms with Crippen molar-refractivity contribution in [3.8, 4) is 17.0 Å². The van der Waals surface area contributed by atoms with Crippen LogP contribution in [0.1, 0.15) is 32.2 Å². The van der Waals surface area contributed by atoms with Crippen LogP contribution in [-0.2, 0) is 11.3 Å². The highest BCUT2D eigenvalue weighted by atomic mass is 19.3. The van der Waals surface area contributed by atoms with Crippen LogP contribution in [0.2, 0.25) is 0 Å². The van der Waals surface area contributed by atoms with E-state index in [0.29, 0.717) is 23.6 Å². The van der Waals surface area contributed by atoms with Crippen molar-refractivity contribution in [2.24, 2.45) is 0 Å². The van der Waals surface area contributed by atoms with Crippen molar-refractivity contribution in [1.82, 2.24) is 19.6 Å². The second-order valence-electron chi connectivity index (χ2n) is 7.04. The van der Waals surface area contributed by atoms with Crippen LogP contribution < -0.4 is 4.74 Å². The molecule has 0 radical (unpaired) electrons. The van der Waals surface area contributed by atoms with Crippen LogP contribution in [0.4, 0.5) is 8.78 Å². The smallest absolute Gasteiger partial charge is 0.283 e. The van der Waals surface area contributed by atoms with Crippen LogP contribution >= 0.6 is 0 Å². The summed E-state index contributed by atoms with van der Waals surface area (Å²) in [5.41, 5.74) is 1.44. The average molecular weight is 376 g/mol. The molecule has 3 heterocycles. The number of alkyl halides is 2. The molecule has 0 spiro atoms. The van der Waals surface area contributed by atoms with Gasteiger partial charge in [0.05, 0.1) is 0 Å². The number of pyridine rings is 2. The minimum atomic E-state index is -3.00. The molecule has 0 fully saturated rings. The number of ether oxygens (including phenoxy) is 2. The Hall–Kier alpha value is -2.61. The topological polar surface area (TPSA) is 61.5 Å². The maximum atomic E-state index is 13.7. The zero-order chi connectivity index (χ0) is 19.8. The zero-order valence-corrected chi connectivity index (χ0v) is 16.0. The predicted molar refractivity (Wildman–Crippen MR) is 97.0 cm³/mol. The molecule has 6 nitrogen and oxygen atoms in total. The van der Waals surface area contributed by atoms with Gasteiger partial charge in [0.2, 0.25) is 5.88 Å². The SMILES string of the molecule is COCc1nnc2ccc(-c3cnc(OC(C)(C)C(C)(F)F)c(C)c3)cn12. The summed E-state index contributed by atoms with van der Waals surface area (Å²) < 4.78 is 39.9. The Morgan fingerprint density at radius 1 is 1.11 bits per heavy atom. The number of halogens is 2. The molecule has 0 amide bonds. The number of hydrogen-bond acceptors (Lipinski definition) is 5. The van der Waals surface area contributed by atoms with Crippen molar-refractivity contribution < 1.29 is 18.3 Å². The van der Waals surface area contributed by atoms with Crippen LogP contribution in [0, 0.1) is 6.92 Å². The minimum Gasteiger partial charge on any atom is -0.465 e. The number of rotatable bonds is 6. The molecule has 0 saturated carbocycles. The van der Waals surface area contributed by atoms with Crippen LogP contribution in [0.15, 0.2) is 30.6 Å². The molecule has 3 rings (SSSR count).